The number of benzene rings is 1. The van der Waals surface area contributed by atoms with Crippen LogP contribution in [0, 0.1) is 0 Å². The number of carbonyl (C=O) groups is 1. The molecule has 0 saturated carbocycles. The molecule has 2 fully saturated rings. The highest BCUT2D eigenvalue weighted by atomic mass is 32.2. The summed E-state index contributed by atoms with van der Waals surface area (Å²) in [7, 11) is -1.43. The average molecular weight is 418 g/mol. The zero-order chi connectivity index (χ0) is 20.4. The molecule has 1 N–H and O–H groups in total. The number of quaternary nitrogens is 1. The lowest BCUT2D eigenvalue weighted by Gasteiger charge is -2.34. The number of amides is 1. The summed E-state index contributed by atoms with van der Waals surface area (Å²) in [6, 6.07) is 13.1. The summed E-state index contributed by atoms with van der Waals surface area (Å²) in [6.45, 7) is 3.07. The van der Waals surface area contributed by atoms with Crippen LogP contribution < -0.4 is 4.90 Å². The predicted molar refractivity (Wildman–Crippen MR) is 110 cm³/mol. The van der Waals surface area contributed by atoms with Gasteiger partial charge in [-0.25, -0.2) is 8.42 Å². The van der Waals surface area contributed by atoms with Crippen LogP contribution in [0.3, 0.4) is 0 Å². The first-order valence-corrected chi connectivity index (χ1v) is 11.7. The van der Waals surface area contributed by atoms with Gasteiger partial charge in [-0.1, -0.05) is 18.2 Å². The van der Waals surface area contributed by atoms with E-state index in [1.807, 2.05) is 4.90 Å². The van der Waals surface area contributed by atoms with E-state index in [0.29, 0.717) is 43.7 Å². The van der Waals surface area contributed by atoms with Crippen LogP contribution >= 0.6 is 0 Å². The molecular weight excluding hydrogens is 388 g/mol. The summed E-state index contributed by atoms with van der Waals surface area (Å²) in [6.07, 6.45) is 4.28. The number of hydrogen-bond donors (Lipinski definition) is 1. The van der Waals surface area contributed by atoms with E-state index in [4.69, 9.17) is 0 Å². The van der Waals surface area contributed by atoms with Crippen LogP contribution in [-0.2, 0) is 21.9 Å². The van der Waals surface area contributed by atoms with Crippen LogP contribution in [0.15, 0.2) is 53.6 Å². The standard InChI is InChI=1S/C21H28N4O3S/c1-22-11-5-9-19(22)20-10-6-12-24(20)17-21(26)23-13-15-25(16-14-23)29(27,28)18-7-3-2-4-8-18/h2-5,7-9,11,20H,6,10,12-17H2,1H3/p+1/t20-/m1/s1. The maximum Gasteiger partial charge on any atom is 0.277 e. The second kappa shape index (κ2) is 8.30. The molecule has 2 aliphatic heterocycles. The molecule has 2 aromatic rings. The minimum atomic E-state index is -3.49. The van der Waals surface area contributed by atoms with Crippen molar-refractivity contribution in [2.45, 2.75) is 23.8 Å². The Morgan fingerprint density at radius 2 is 1.79 bits per heavy atom. The molecule has 3 heterocycles. The Labute approximate surface area is 172 Å². The Morgan fingerprint density at radius 3 is 2.45 bits per heavy atom. The summed E-state index contributed by atoms with van der Waals surface area (Å²) in [4.78, 5) is 16.4. The molecule has 2 aliphatic rings. The van der Waals surface area contributed by atoms with Crippen molar-refractivity contribution in [3.05, 3.63) is 54.4 Å². The van der Waals surface area contributed by atoms with Gasteiger partial charge in [0.05, 0.1) is 17.1 Å². The molecule has 0 aliphatic carbocycles. The molecule has 0 bridgehead atoms. The molecule has 1 amide bonds. The van der Waals surface area contributed by atoms with Gasteiger partial charge in [0.2, 0.25) is 10.0 Å². The Hall–Kier alpha value is -2.16. The molecule has 2 saturated heterocycles. The van der Waals surface area contributed by atoms with E-state index in [9.17, 15) is 13.2 Å². The van der Waals surface area contributed by atoms with E-state index in [-0.39, 0.29) is 5.91 Å². The van der Waals surface area contributed by atoms with Gasteiger partial charge < -0.3 is 14.4 Å². The number of hydrogen-bond acceptors (Lipinski definition) is 3. The van der Waals surface area contributed by atoms with Crippen molar-refractivity contribution < 1.29 is 18.1 Å². The summed E-state index contributed by atoms with van der Waals surface area (Å²) in [5, 5.41) is 0. The number of nitrogens with one attached hydrogen (secondary N) is 1. The van der Waals surface area contributed by atoms with E-state index >= 15 is 0 Å². The zero-order valence-corrected chi connectivity index (χ0v) is 17.6. The molecule has 1 unspecified atom stereocenters. The monoisotopic (exact) mass is 417 g/mol. The normalized spacial score (nSPS) is 23.4. The highest BCUT2D eigenvalue weighted by Crippen LogP contribution is 2.20. The van der Waals surface area contributed by atoms with Crippen LogP contribution in [-0.4, -0.2) is 67.4 Å². The summed E-state index contributed by atoms with van der Waals surface area (Å²) < 4.78 is 29.2. The molecule has 8 heteroatoms. The topological polar surface area (TPSA) is 67.1 Å². The van der Waals surface area contributed by atoms with Crippen LogP contribution in [0.25, 0.3) is 0 Å². The minimum absolute atomic E-state index is 0.123. The molecule has 156 valence electrons. The molecule has 7 nitrogen and oxygen atoms in total. The highest BCUT2D eigenvalue weighted by molar-refractivity contribution is 7.89. The molecule has 0 spiro atoms. The molecule has 4 rings (SSSR count). The largest absolute Gasteiger partial charge is 0.350 e. The van der Waals surface area contributed by atoms with Crippen molar-refractivity contribution in [1.82, 2.24) is 13.8 Å². The first kappa shape index (κ1) is 20.1. The van der Waals surface area contributed by atoms with Crippen LogP contribution in [0.2, 0.25) is 0 Å². The van der Waals surface area contributed by atoms with Gasteiger partial charge in [0.15, 0.2) is 6.54 Å². The highest BCUT2D eigenvalue weighted by Gasteiger charge is 2.36. The second-order valence-corrected chi connectivity index (χ2v) is 9.86. The number of aromatic nitrogens is 1. The average Bonchev–Trinajstić information content (AvgIpc) is 3.37. The molecular formula is C21H29N4O3S+. The number of likely N-dealkylation sites (tertiary alicyclic amines) is 1. The lowest BCUT2D eigenvalue weighted by atomic mass is 10.1. The maximum absolute atomic E-state index is 12.9. The van der Waals surface area contributed by atoms with Crippen molar-refractivity contribution in [1.29, 1.82) is 0 Å². The fourth-order valence-electron chi connectivity index (χ4n) is 4.54. The van der Waals surface area contributed by atoms with Gasteiger partial charge in [-0.05, 0) is 24.3 Å². The Bertz CT molecular complexity index is 949. The lowest BCUT2D eigenvalue weighted by molar-refractivity contribution is -0.911. The number of rotatable bonds is 5. The first-order chi connectivity index (χ1) is 14.0. The van der Waals surface area contributed by atoms with Crippen LogP contribution in [0.5, 0.6) is 0 Å². The molecule has 2 atom stereocenters. The van der Waals surface area contributed by atoms with E-state index in [2.05, 4.69) is 29.9 Å². The van der Waals surface area contributed by atoms with Gasteiger partial charge in [0.1, 0.15) is 6.04 Å². The van der Waals surface area contributed by atoms with Crippen molar-refractivity contribution in [2.24, 2.45) is 7.05 Å². The Balaban J connectivity index is 1.35. The summed E-state index contributed by atoms with van der Waals surface area (Å²) in [5.41, 5.74) is 1.28. The number of carbonyl (C=O) groups excluding carboxylic acids is 1. The molecule has 0 radical (unpaired) electrons. The van der Waals surface area contributed by atoms with Crippen molar-refractivity contribution in [3.63, 3.8) is 0 Å². The van der Waals surface area contributed by atoms with E-state index in [1.165, 1.54) is 14.9 Å². The number of aryl methyl sites for hydroxylation is 1. The van der Waals surface area contributed by atoms with Crippen LogP contribution in [0.1, 0.15) is 24.6 Å². The fourth-order valence-corrected chi connectivity index (χ4v) is 5.99. The number of piperazine rings is 1. The zero-order valence-electron chi connectivity index (χ0n) is 16.8. The fraction of sp³-hybridized carbons (Fsp3) is 0.476. The van der Waals surface area contributed by atoms with Gasteiger partial charge in [0, 0.05) is 52.3 Å². The summed E-state index contributed by atoms with van der Waals surface area (Å²) >= 11 is 0. The van der Waals surface area contributed by atoms with E-state index in [0.717, 1.165) is 19.4 Å². The van der Waals surface area contributed by atoms with Crippen molar-refractivity contribution in [3.8, 4) is 0 Å². The second-order valence-electron chi connectivity index (χ2n) is 7.92. The molecule has 1 aromatic heterocycles. The van der Waals surface area contributed by atoms with Gasteiger partial charge in [0.25, 0.3) is 5.91 Å². The molecule has 29 heavy (non-hydrogen) atoms. The van der Waals surface area contributed by atoms with E-state index < -0.39 is 10.0 Å². The number of sulfonamides is 1. The minimum Gasteiger partial charge on any atom is -0.350 e. The Morgan fingerprint density at radius 1 is 1.07 bits per heavy atom. The SMILES string of the molecule is Cn1cccc1[C@H]1CCC[NH+]1CC(=O)N1CCN(S(=O)(=O)c2ccccc2)CC1. The van der Waals surface area contributed by atoms with E-state index in [1.54, 1.807) is 30.3 Å². The third-order valence-corrected chi connectivity index (χ3v) is 8.09. The predicted octanol–water partition coefficient (Wildman–Crippen LogP) is 0.278. The maximum atomic E-state index is 12.9. The molecule has 1 aromatic carbocycles. The van der Waals surface area contributed by atoms with Gasteiger partial charge in [-0.3, -0.25) is 4.79 Å². The van der Waals surface area contributed by atoms with Crippen molar-refractivity contribution >= 4 is 15.9 Å². The number of nitrogens with zero attached hydrogens (tertiary/aromatic N) is 3. The first-order valence-electron chi connectivity index (χ1n) is 10.3. The summed E-state index contributed by atoms with van der Waals surface area (Å²) in [5.74, 6) is 0.123. The Kier molecular flexibility index (Phi) is 5.76. The lowest BCUT2D eigenvalue weighted by Crippen LogP contribution is -3.11. The smallest absolute Gasteiger partial charge is 0.277 e. The van der Waals surface area contributed by atoms with Crippen molar-refractivity contribution in [2.75, 3.05) is 39.3 Å². The quantitative estimate of drug-likeness (QED) is 0.760. The van der Waals surface area contributed by atoms with Gasteiger partial charge in [-0.15, -0.1) is 0 Å². The van der Waals surface area contributed by atoms with Gasteiger partial charge in [-0.2, -0.15) is 4.31 Å². The van der Waals surface area contributed by atoms with Gasteiger partial charge >= 0.3 is 0 Å². The van der Waals surface area contributed by atoms with Crippen LogP contribution in [0.4, 0.5) is 0 Å². The third-order valence-electron chi connectivity index (χ3n) is 6.18. The third kappa shape index (κ3) is 4.10.